The van der Waals surface area contributed by atoms with Crippen molar-refractivity contribution in [1.29, 1.82) is 0 Å². The number of nitrogen functional groups attached to an aromatic ring is 1. The van der Waals surface area contributed by atoms with Crippen LogP contribution >= 0.6 is 15.9 Å². The highest BCUT2D eigenvalue weighted by atomic mass is 79.9. The molecule has 1 rings (SSSR count). The van der Waals surface area contributed by atoms with E-state index >= 15 is 0 Å². The van der Waals surface area contributed by atoms with E-state index in [4.69, 9.17) is 10.8 Å². The second-order valence-corrected chi connectivity index (χ2v) is 3.89. The van der Waals surface area contributed by atoms with Crippen molar-refractivity contribution < 1.29 is 5.11 Å². The van der Waals surface area contributed by atoms with Gasteiger partial charge in [-0.1, -0.05) is 6.92 Å². The molecule has 0 aliphatic carbocycles. The summed E-state index contributed by atoms with van der Waals surface area (Å²) in [5, 5.41) is 12.1. The molecule has 0 saturated heterocycles. The van der Waals surface area contributed by atoms with Crippen LogP contribution in [0.25, 0.3) is 0 Å². The molecule has 1 aromatic rings. The Hall–Kier alpha value is -0.810. The van der Waals surface area contributed by atoms with Gasteiger partial charge in [-0.3, -0.25) is 0 Å². The molecule has 0 amide bonds. The smallest absolute Gasteiger partial charge is 0.140 e. The normalized spacial score (nSPS) is 12.5. The summed E-state index contributed by atoms with van der Waals surface area (Å²) in [5.41, 5.74) is 6.16. The van der Waals surface area contributed by atoms with Gasteiger partial charge < -0.3 is 16.2 Å². The standard InChI is InChI=1S/C9H14BrN3O/c1-2-7(5-14)13-9-8(10)3-6(11)4-12-9/h3-4,7,14H,2,5,11H2,1H3,(H,12,13). The fraction of sp³-hybridized carbons (Fsp3) is 0.444. The first-order valence-electron chi connectivity index (χ1n) is 4.45. The van der Waals surface area contributed by atoms with Crippen LogP contribution in [0.1, 0.15) is 13.3 Å². The molecule has 0 bridgehead atoms. The molecule has 14 heavy (non-hydrogen) atoms. The zero-order valence-electron chi connectivity index (χ0n) is 8.00. The molecule has 0 aromatic carbocycles. The van der Waals surface area contributed by atoms with E-state index in [1.165, 1.54) is 0 Å². The van der Waals surface area contributed by atoms with E-state index in [-0.39, 0.29) is 12.6 Å². The average molecular weight is 260 g/mol. The molecule has 1 atom stereocenters. The number of nitrogens with two attached hydrogens (primary N) is 1. The van der Waals surface area contributed by atoms with Crippen molar-refractivity contribution in [3.8, 4) is 0 Å². The maximum atomic E-state index is 9.00. The molecule has 0 spiro atoms. The van der Waals surface area contributed by atoms with Crippen molar-refractivity contribution in [1.82, 2.24) is 4.98 Å². The van der Waals surface area contributed by atoms with E-state index in [1.54, 1.807) is 12.3 Å². The van der Waals surface area contributed by atoms with Crippen molar-refractivity contribution in [2.24, 2.45) is 0 Å². The van der Waals surface area contributed by atoms with Gasteiger partial charge in [-0.05, 0) is 28.4 Å². The van der Waals surface area contributed by atoms with E-state index in [1.807, 2.05) is 6.92 Å². The molecule has 0 saturated carbocycles. The molecule has 1 unspecified atom stereocenters. The SMILES string of the molecule is CCC(CO)Nc1ncc(N)cc1Br. The van der Waals surface area contributed by atoms with E-state index in [9.17, 15) is 0 Å². The summed E-state index contributed by atoms with van der Waals surface area (Å²) in [7, 11) is 0. The predicted molar refractivity (Wildman–Crippen MR) is 61.1 cm³/mol. The third kappa shape index (κ3) is 2.85. The van der Waals surface area contributed by atoms with Crippen LogP contribution in [0.2, 0.25) is 0 Å². The Morgan fingerprint density at radius 3 is 2.93 bits per heavy atom. The maximum absolute atomic E-state index is 9.00. The van der Waals surface area contributed by atoms with Gasteiger partial charge >= 0.3 is 0 Å². The number of pyridine rings is 1. The highest BCUT2D eigenvalue weighted by Crippen LogP contribution is 2.22. The molecule has 1 heterocycles. The summed E-state index contributed by atoms with van der Waals surface area (Å²) in [6, 6.07) is 1.81. The summed E-state index contributed by atoms with van der Waals surface area (Å²) < 4.78 is 0.810. The first kappa shape index (κ1) is 11.3. The van der Waals surface area contributed by atoms with Crippen LogP contribution in [0.3, 0.4) is 0 Å². The summed E-state index contributed by atoms with van der Waals surface area (Å²) in [6.07, 6.45) is 2.42. The number of hydrogen-bond donors (Lipinski definition) is 3. The van der Waals surface area contributed by atoms with E-state index in [0.29, 0.717) is 11.5 Å². The Morgan fingerprint density at radius 1 is 1.71 bits per heavy atom. The van der Waals surface area contributed by atoms with Gasteiger partial charge in [-0.15, -0.1) is 0 Å². The minimum atomic E-state index is 0.0300. The second-order valence-electron chi connectivity index (χ2n) is 3.03. The van der Waals surface area contributed by atoms with Crippen LogP contribution in [0, 0.1) is 0 Å². The van der Waals surface area contributed by atoms with Crippen molar-refractivity contribution in [2.45, 2.75) is 19.4 Å². The third-order valence-electron chi connectivity index (χ3n) is 1.92. The van der Waals surface area contributed by atoms with Gasteiger partial charge in [-0.2, -0.15) is 0 Å². The summed E-state index contributed by atoms with van der Waals surface area (Å²) in [5.74, 6) is 0.708. The second kappa shape index (κ2) is 5.17. The van der Waals surface area contributed by atoms with Gasteiger partial charge in [0.2, 0.25) is 0 Å². The lowest BCUT2D eigenvalue weighted by Gasteiger charge is -2.15. The number of nitrogens with one attached hydrogen (secondary N) is 1. The minimum absolute atomic E-state index is 0.0300. The first-order chi connectivity index (χ1) is 6.67. The molecule has 4 N–H and O–H groups in total. The molecule has 1 aromatic heterocycles. The topological polar surface area (TPSA) is 71.2 Å². The molecule has 0 aliphatic rings. The minimum Gasteiger partial charge on any atom is -0.397 e. The number of halogens is 1. The largest absolute Gasteiger partial charge is 0.397 e. The summed E-state index contributed by atoms with van der Waals surface area (Å²) in [4.78, 5) is 4.12. The zero-order valence-corrected chi connectivity index (χ0v) is 9.58. The first-order valence-corrected chi connectivity index (χ1v) is 5.25. The molecule has 78 valence electrons. The number of aliphatic hydroxyl groups excluding tert-OH is 1. The number of nitrogens with zero attached hydrogens (tertiary/aromatic N) is 1. The molecule has 0 aliphatic heterocycles. The fourth-order valence-corrected chi connectivity index (χ4v) is 1.51. The zero-order chi connectivity index (χ0) is 10.6. The fourth-order valence-electron chi connectivity index (χ4n) is 1.03. The molecule has 0 fully saturated rings. The summed E-state index contributed by atoms with van der Waals surface area (Å²) in [6.45, 7) is 2.09. The van der Waals surface area contributed by atoms with Crippen LogP contribution in [-0.4, -0.2) is 22.7 Å². The Labute approximate surface area is 91.7 Å². The van der Waals surface area contributed by atoms with Crippen molar-refractivity contribution in [3.05, 3.63) is 16.7 Å². The van der Waals surface area contributed by atoms with Gasteiger partial charge in [0.15, 0.2) is 0 Å². The average Bonchev–Trinajstić information content (AvgIpc) is 2.17. The van der Waals surface area contributed by atoms with E-state index in [2.05, 4.69) is 26.2 Å². The molecular formula is C9H14BrN3O. The molecule has 4 nitrogen and oxygen atoms in total. The molecule has 0 radical (unpaired) electrons. The van der Waals surface area contributed by atoms with Gasteiger partial charge in [0, 0.05) is 0 Å². The number of anilines is 2. The van der Waals surface area contributed by atoms with Crippen LogP contribution in [0.4, 0.5) is 11.5 Å². The quantitative estimate of drug-likeness (QED) is 0.769. The van der Waals surface area contributed by atoms with Gasteiger partial charge in [-0.25, -0.2) is 4.98 Å². The Bertz CT molecular complexity index is 302. The lowest BCUT2D eigenvalue weighted by molar-refractivity contribution is 0.271. The Kier molecular flexibility index (Phi) is 4.16. The lowest BCUT2D eigenvalue weighted by Crippen LogP contribution is -2.23. The highest BCUT2D eigenvalue weighted by molar-refractivity contribution is 9.10. The Balaban J connectivity index is 2.76. The van der Waals surface area contributed by atoms with Gasteiger partial charge in [0.1, 0.15) is 5.82 Å². The third-order valence-corrected chi connectivity index (χ3v) is 2.52. The van der Waals surface area contributed by atoms with Crippen molar-refractivity contribution in [3.63, 3.8) is 0 Å². The lowest BCUT2D eigenvalue weighted by atomic mass is 10.2. The highest BCUT2D eigenvalue weighted by Gasteiger charge is 2.07. The van der Waals surface area contributed by atoms with Crippen LogP contribution in [0.5, 0.6) is 0 Å². The number of rotatable bonds is 4. The monoisotopic (exact) mass is 259 g/mol. The predicted octanol–water partition coefficient (Wildman–Crippen LogP) is 1.61. The van der Waals surface area contributed by atoms with Crippen molar-refractivity contribution in [2.75, 3.05) is 17.7 Å². The summed E-state index contributed by atoms with van der Waals surface area (Å²) >= 11 is 3.35. The van der Waals surface area contributed by atoms with Crippen molar-refractivity contribution >= 4 is 27.4 Å². The Morgan fingerprint density at radius 2 is 2.43 bits per heavy atom. The van der Waals surface area contributed by atoms with Crippen LogP contribution in [-0.2, 0) is 0 Å². The molecular weight excluding hydrogens is 246 g/mol. The maximum Gasteiger partial charge on any atom is 0.140 e. The number of hydrogen-bond acceptors (Lipinski definition) is 4. The van der Waals surface area contributed by atoms with Crippen LogP contribution < -0.4 is 11.1 Å². The van der Waals surface area contributed by atoms with Gasteiger partial charge in [0.25, 0.3) is 0 Å². The van der Waals surface area contributed by atoms with E-state index in [0.717, 1.165) is 10.9 Å². The van der Waals surface area contributed by atoms with Crippen LogP contribution in [0.15, 0.2) is 16.7 Å². The van der Waals surface area contributed by atoms with E-state index < -0.39 is 0 Å². The number of aliphatic hydroxyl groups is 1. The molecule has 5 heteroatoms. The van der Waals surface area contributed by atoms with Gasteiger partial charge in [0.05, 0.1) is 29.0 Å². The number of aromatic nitrogens is 1.